The third kappa shape index (κ3) is 12.8. The summed E-state index contributed by atoms with van der Waals surface area (Å²) in [5, 5.41) is 45.3. The summed E-state index contributed by atoms with van der Waals surface area (Å²) in [5.74, 6) is 0.119. The molecule has 0 aliphatic rings. The van der Waals surface area contributed by atoms with Crippen molar-refractivity contribution in [3.63, 3.8) is 0 Å². The normalized spacial score (nSPS) is 13.7. The van der Waals surface area contributed by atoms with Gasteiger partial charge in [-0.05, 0) is 80.0 Å². The summed E-state index contributed by atoms with van der Waals surface area (Å²) in [6.45, 7) is 0.939. The summed E-state index contributed by atoms with van der Waals surface area (Å²) >= 11 is 0. The van der Waals surface area contributed by atoms with Gasteiger partial charge in [0.15, 0.2) is 5.78 Å². The highest BCUT2D eigenvalue weighted by Crippen LogP contribution is 2.25. The lowest BCUT2D eigenvalue weighted by molar-refractivity contribution is -0.0308. The zero-order valence-corrected chi connectivity index (χ0v) is 29.1. The van der Waals surface area contributed by atoms with E-state index in [9.17, 15) is 25.2 Å². The predicted molar refractivity (Wildman–Crippen MR) is 195 cm³/mol. The SMILES string of the molecule is CCCCCCCCc1ccc(CCC(CO)(NC(CO)(CO)CCc2ccc(C(=O)CCCCc3ccccc3)cc2)C(N)O)cc1. The van der Waals surface area contributed by atoms with E-state index in [4.69, 9.17) is 5.73 Å². The largest absolute Gasteiger partial charge is 0.394 e. The van der Waals surface area contributed by atoms with E-state index in [0.717, 1.165) is 36.8 Å². The van der Waals surface area contributed by atoms with Gasteiger partial charge in [-0.15, -0.1) is 0 Å². The number of hydrogen-bond acceptors (Lipinski definition) is 7. The number of rotatable bonds is 25. The van der Waals surface area contributed by atoms with Crippen LogP contribution in [0.2, 0.25) is 0 Å². The first-order valence-electron chi connectivity index (χ1n) is 18.1. The van der Waals surface area contributed by atoms with Crippen LogP contribution in [0, 0.1) is 0 Å². The van der Waals surface area contributed by atoms with Crippen LogP contribution in [0.15, 0.2) is 78.9 Å². The number of nitrogens with one attached hydrogen (secondary N) is 1. The lowest BCUT2D eigenvalue weighted by atomic mass is 9.83. The summed E-state index contributed by atoms with van der Waals surface area (Å²) in [7, 11) is 0. The molecule has 0 aliphatic heterocycles. The van der Waals surface area contributed by atoms with E-state index in [-0.39, 0.29) is 5.78 Å². The molecule has 7 heteroatoms. The molecule has 2 atom stereocenters. The molecule has 7 nitrogen and oxygen atoms in total. The number of ketones is 1. The standard InChI is InChI=1S/C41H60N2O5/c1-2-3-4-5-6-8-15-34-18-20-35(21-19-34)27-29-41(32-46,39(42)48)43-40(30-44,31-45)28-26-36-22-24-37(25-23-36)38(47)17-12-11-16-33-13-9-7-10-14-33/h7,9-10,13-14,18-25,39,43-46,48H,2-6,8,11-12,15-17,26-32,42H2,1H3. The molecule has 0 aromatic heterocycles. The van der Waals surface area contributed by atoms with Gasteiger partial charge >= 0.3 is 0 Å². The minimum atomic E-state index is -1.43. The van der Waals surface area contributed by atoms with E-state index >= 15 is 0 Å². The fourth-order valence-corrected chi connectivity index (χ4v) is 6.37. The van der Waals surface area contributed by atoms with E-state index in [1.807, 2.05) is 42.5 Å². The van der Waals surface area contributed by atoms with Gasteiger partial charge in [-0.25, -0.2) is 0 Å². The van der Waals surface area contributed by atoms with Gasteiger partial charge in [-0.2, -0.15) is 0 Å². The van der Waals surface area contributed by atoms with Gasteiger partial charge in [0, 0.05) is 12.0 Å². The van der Waals surface area contributed by atoms with Gasteiger partial charge in [0.2, 0.25) is 0 Å². The highest BCUT2D eigenvalue weighted by molar-refractivity contribution is 5.96. The van der Waals surface area contributed by atoms with Crippen molar-refractivity contribution in [1.29, 1.82) is 0 Å². The number of aliphatic hydroxyl groups is 4. The zero-order chi connectivity index (χ0) is 34.7. The number of nitrogens with two attached hydrogens (primary N) is 1. The molecule has 0 fully saturated rings. The number of aliphatic hydroxyl groups excluding tert-OH is 4. The smallest absolute Gasteiger partial charge is 0.162 e. The van der Waals surface area contributed by atoms with Gasteiger partial charge in [-0.3, -0.25) is 10.1 Å². The lowest BCUT2D eigenvalue weighted by Gasteiger charge is -2.44. The quantitative estimate of drug-likeness (QED) is 0.0369. The van der Waals surface area contributed by atoms with E-state index in [1.165, 1.54) is 49.7 Å². The van der Waals surface area contributed by atoms with Crippen molar-refractivity contribution in [3.8, 4) is 0 Å². The average molecular weight is 661 g/mol. The van der Waals surface area contributed by atoms with Crippen molar-refractivity contribution < 1.29 is 25.2 Å². The highest BCUT2D eigenvalue weighted by Gasteiger charge is 2.43. The first-order chi connectivity index (χ1) is 23.3. The van der Waals surface area contributed by atoms with Crippen molar-refractivity contribution in [3.05, 3.63) is 107 Å². The summed E-state index contributed by atoms with van der Waals surface area (Å²) in [6.07, 6.45) is 12.2. The molecule has 48 heavy (non-hydrogen) atoms. The Balaban J connectivity index is 1.53. The Labute approximate surface area is 288 Å². The lowest BCUT2D eigenvalue weighted by Crippen LogP contribution is -2.70. The fourth-order valence-electron chi connectivity index (χ4n) is 6.37. The van der Waals surface area contributed by atoms with Gasteiger partial charge in [0.1, 0.15) is 6.23 Å². The second-order valence-electron chi connectivity index (χ2n) is 13.6. The van der Waals surface area contributed by atoms with E-state index in [1.54, 1.807) is 0 Å². The van der Waals surface area contributed by atoms with Crippen molar-refractivity contribution >= 4 is 5.78 Å². The van der Waals surface area contributed by atoms with E-state index < -0.39 is 37.1 Å². The third-order valence-corrected chi connectivity index (χ3v) is 9.80. The van der Waals surface area contributed by atoms with Crippen LogP contribution in [0.5, 0.6) is 0 Å². The van der Waals surface area contributed by atoms with Gasteiger partial charge in [0.25, 0.3) is 0 Å². The molecule has 0 heterocycles. The molecule has 0 bridgehead atoms. The fraction of sp³-hybridized carbons (Fsp3) is 0.537. The van der Waals surface area contributed by atoms with Crippen LogP contribution in [0.1, 0.15) is 110 Å². The number of carbonyl (C=O) groups excluding carboxylic acids is 1. The molecule has 3 rings (SSSR count). The Kier molecular flexibility index (Phi) is 17.5. The molecule has 264 valence electrons. The number of benzene rings is 3. The maximum atomic E-state index is 12.8. The second-order valence-corrected chi connectivity index (χ2v) is 13.6. The molecular formula is C41H60N2O5. The van der Waals surface area contributed by atoms with Crippen LogP contribution < -0.4 is 11.1 Å². The Hall–Kier alpha value is -2.91. The number of Topliss-reactive ketones (excluding diaryl/α,β-unsaturated/α-hetero) is 1. The summed E-state index contributed by atoms with van der Waals surface area (Å²) in [6, 6.07) is 26.2. The monoisotopic (exact) mass is 660 g/mol. The van der Waals surface area contributed by atoms with Crippen LogP contribution in [0.25, 0.3) is 0 Å². The van der Waals surface area contributed by atoms with E-state index in [0.29, 0.717) is 37.7 Å². The van der Waals surface area contributed by atoms with Crippen molar-refractivity contribution in [2.45, 2.75) is 121 Å². The molecule has 0 saturated heterocycles. The molecule has 0 aliphatic carbocycles. The van der Waals surface area contributed by atoms with Gasteiger partial charge in [0.05, 0.1) is 30.9 Å². The van der Waals surface area contributed by atoms with Crippen LogP contribution in [-0.4, -0.2) is 63.3 Å². The minimum absolute atomic E-state index is 0.119. The number of carbonyl (C=O) groups is 1. The molecule has 2 unspecified atom stereocenters. The Morgan fingerprint density at radius 1 is 0.646 bits per heavy atom. The summed E-state index contributed by atoms with van der Waals surface area (Å²) in [4.78, 5) is 12.8. The number of hydrogen-bond donors (Lipinski definition) is 6. The van der Waals surface area contributed by atoms with E-state index in [2.05, 4.69) is 48.6 Å². The molecule has 0 spiro atoms. The van der Waals surface area contributed by atoms with Crippen molar-refractivity contribution in [2.24, 2.45) is 5.73 Å². The first kappa shape index (κ1) is 39.5. The minimum Gasteiger partial charge on any atom is -0.394 e. The third-order valence-electron chi connectivity index (χ3n) is 9.80. The van der Waals surface area contributed by atoms with Crippen LogP contribution in [-0.2, 0) is 25.7 Å². The van der Waals surface area contributed by atoms with Crippen LogP contribution in [0.4, 0.5) is 0 Å². The maximum Gasteiger partial charge on any atom is 0.162 e. The van der Waals surface area contributed by atoms with Gasteiger partial charge < -0.3 is 26.2 Å². The highest BCUT2D eigenvalue weighted by atomic mass is 16.3. The molecule has 3 aromatic rings. The molecular weight excluding hydrogens is 600 g/mol. The number of aryl methyl sites for hydroxylation is 4. The number of unbranched alkanes of at least 4 members (excludes halogenated alkanes) is 6. The van der Waals surface area contributed by atoms with Crippen molar-refractivity contribution in [2.75, 3.05) is 19.8 Å². The Bertz CT molecular complexity index is 1290. The summed E-state index contributed by atoms with van der Waals surface area (Å²) < 4.78 is 0. The maximum absolute atomic E-state index is 12.8. The molecule has 0 amide bonds. The van der Waals surface area contributed by atoms with Crippen LogP contribution in [0.3, 0.4) is 0 Å². The molecule has 3 aromatic carbocycles. The summed E-state index contributed by atoms with van der Waals surface area (Å²) in [5.41, 5.74) is 8.79. The van der Waals surface area contributed by atoms with Crippen molar-refractivity contribution in [1.82, 2.24) is 5.32 Å². The predicted octanol–water partition coefficient (Wildman–Crippen LogP) is 6.07. The topological polar surface area (TPSA) is 136 Å². The van der Waals surface area contributed by atoms with Crippen LogP contribution >= 0.6 is 0 Å². The Morgan fingerprint density at radius 3 is 1.71 bits per heavy atom. The Morgan fingerprint density at radius 2 is 1.15 bits per heavy atom. The van der Waals surface area contributed by atoms with Gasteiger partial charge in [-0.1, -0.05) is 118 Å². The second kappa shape index (κ2) is 21.2. The molecule has 0 radical (unpaired) electrons. The zero-order valence-electron chi connectivity index (χ0n) is 29.1. The molecule has 0 saturated carbocycles. The first-order valence-corrected chi connectivity index (χ1v) is 18.1. The average Bonchev–Trinajstić information content (AvgIpc) is 3.12. The molecule has 7 N–H and O–H groups in total.